The number of carbonyl (C=O) groups is 4. The zero-order valence-corrected chi connectivity index (χ0v) is 21.7. The molecule has 2 aromatic rings. The van der Waals surface area contributed by atoms with Crippen molar-refractivity contribution in [3.8, 4) is 0 Å². The lowest BCUT2D eigenvalue weighted by Gasteiger charge is -2.35. The number of hydrogen-bond acceptors (Lipinski definition) is 6. The number of nitrogens with one attached hydrogen (secondary N) is 3. The monoisotopic (exact) mass is 536 g/mol. The third kappa shape index (κ3) is 6.63. The van der Waals surface area contributed by atoms with Crippen molar-refractivity contribution in [3.05, 3.63) is 51.3 Å². The lowest BCUT2D eigenvalue weighted by Crippen LogP contribution is -2.55. The number of ketones is 1. The van der Waals surface area contributed by atoms with Gasteiger partial charge >= 0.3 is 0 Å². The van der Waals surface area contributed by atoms with Gasteiger partial charge in [0.15, 0.2) is 5.78 Å². The Hall–Kier alpha value is -2.95. The van der Waals surface area contributed by atoms with Crippen molar-refractivity contribution in [2.75, 3.05) is 19.6 Å². The van der Waals surface area contributed by atoms with E-state index in [4.69, 9.17) is 28.9 Å². The van der Waals surface area contributed by atoms with Crippen molar-refractivity contribution in [2.45, 2.75) is 45.2 Å². The summed E-state index contributed by atoms with van der Waals surface area (Å²) < 4.78 is 0. The molecule has 10 nitrogen and oxygen atoms in total. The lowest BCUT2D eigenvalue weighted by atomic mass is 9.99. The number of amides is 3. The summed E-state index contributed by atoms with van der Waals surface area (Å²) in [5.41, 5.74) is 6.19. The van der Waals surface area contributed by atoms with Crippen molar-refractivity contribution in [1.82, 2.24) is 25.7 Å². The van der Waals surface area contributed by atoms with Crippen molar-refractivity contribution >= 4 is 46.7 Å². The van der Waals surface area contributed by atoms with Crippen LogP contribution >= 0.6 is 23.2 Å². The smallest absolute Gasteiger partial charge is 0.269 e. The molecule has 0 spiro atoms. The number of nitrogens with zero attached hydrogens (tertiary/aromatic N) is 2. The normalized spacial score (nSPS) is 15.0. The number of aromatic amines is 1. The number of likely N-dealkylation sites (tertiary alicyclic amines) is 1. The van der Waals surface area contributed by atoms with Gasteiger partial charge in [-0.1, -0.05) is 43.1 Å². The highest BCUT2D eigenvalue weighted by atomic mass is 35.5. The Labute approximate surface area is 219 Å². The van der Waals surface area contributed by atoms with Crippen LogP contribution in [0.3, 0.4) is 0 Å². The van der Waals surface area contributed by atoms with E-state index in [1.807, 2.05) is 13.8 Å². The maximum Gasteiger partial charge on any atom is 0.269 e. The average molecular weight is 537 g/mol. The average Bonchev–Trinajstić information content (AvgIpc) is 3.30. The van der Waals surface area contributed by atoms with E-state index in [2.05, 4.69) is 20.8 Å². The van der Waals surface area contributed by atoms with Crippen LogP contribution in [-0.4, -0.2) is 70.3 Å². The lowest BCUT2D eigenvalue weighted by molar-refractivity contribution is -0.138. The van der Waals surface area contributed by atoms with E-state index in [0.717, 1.165) is 0 Å². The summed E-state index contributed by atoms with van der Waals surface area (Å²) in [6.45, 7) is 4.41. The van der Waals surface area contributed by atoms with E-state index >= 15 is 0 Å². The molecule has 1 aromatic carbocycles. The number of H-pyrrole nitrogens is 1. The van der Waals surface area contributed by atoms with Gasteiger partial charge in [-0.25, -0.2) is 0 Å². The third-order valence-corrected chi connectivity index (χ3v) is 6.74. The largest absolute Gasteiger partial charge is 0.348 e. The second-order valence-corrected chi connectivity index (χ2v) is 9.85. The summed E-state index contributed by atoms with van der Waals surface area (Å²) >= 11 is 12.3. The first-order chi connectivity index (χ1) is 17.1. The van der Waals surface area contributed by atoms with Gasteiger partial charge in [0, 0.05) is 31.1 Å². The number of piperidine rings is 1. The fourth-order valence-electron chi connectivity index (χ4n) is 4.11. The molecule has 1 aliphatic heterocycles. The standard InChI is InChI=1S/C24H30Cl2N6O4/c1-13(2)21(30-19(34)11-27)24(36)32-8-6-15(7-9-32)29-23(35)22-14(12-28-31-22)10-18(33)20-16(25)4-3-5-17(20)26/h3-5,12-13,15,21H,6-11,27H2,1-2H3,(H,28,31)(H,29,35)(H,30,34)/t21-/m0/s1. The van der Waals surface area contributed by atoms with Gasteiger partial charge in [0.25, 0.3) is 5.91 Å². The van der Waals surface area contributed by atoms with Crippen LogP contribution in [0.25, 0.3) is 0 Å². The van der Waals surface area contributed by atoms with E-state index < -0.39 is 6.04 Å². The van der Waals surface area contributed by atoms with Crippen LogP contribution in [-0.2, 0) is 16.0 Å². The van der Waals surface area contributed by atoms with Crippen LogP contribution in [0, 0.1) is 5.92 Å². The zero-order valence-electron chi connectivity index (χ0n) is 20.1. The van der Waals surface area contributed by atoms with Gasteiger partial charge < -0.3 is 21.3 Å². The summed E-state index contributed by atoms with van der Waals surface area (Å²) in [6.07, 6.45) is 2.43. The molecule has 194 valence electrons. The minimum Gasteiger partial charge on any atom is -0.348 e. The van der Waals surface area contributed by atoms with Gasteiger partial charge in [-0.2, -0.15) is 5.10 Å². The quantitative estimate of drug-likeness (QED) is 0.359. The molecule has 3 rings (SSSR count). The second-order valence-electron chi connectivity index (χ2n) is 9.03. The van der Waals surface area contributed by atoms with Crippen molar-refractivity contribution in [1.29, 1.82) is 0 Å². The SMILES string of the molecule is CC(C)[C@H](NC(=O)CN)C(=O)N1CCC(NC(=O)c2[nH]ncc2CC(=O)c2c(Cl)cccc2Cl)CC1. The van der Waals surface area contributed by atoms with E-state index in [-0.39, 0.29) is 69.7 Å². The highest BCUT2D eigenvalue weighted by Crippen LogP contribution is 2.26. The fourth-order valence-corrected chi connectivity index (χ4v) is 4.72. The molecule has 3 amide bonds. The van der Waals surface area contributed by atoms with Crippen molar-refractivity contribution in [2.24, 2.45) is 11.7 Å². The molecule has 1 atom stereocenters. The van der Waals surface area contributed by atoms with Crippen LogP contribution in [0.2, 0.25) is 10.0 Å². The number of hydrogen-bond donors (Lipinski definition) is 4. The number of halogens is 2. The van der Waals surface area contributed by atoms with Crippen LogP contribution < -0.4 is 16.4 Å². The first-order valence-electron chi connectivity index (χ1n) is 11.7. The second kappa shape index (κ2) is 12.3. The summed E-state index contributed by atoms with van der Waals surface area (Å²) in [5.74, 6) is -1.35. The fraction of sp³-hybridized carbons (Fsp3) is 0.458. The number of Topliss-reactive ketones (excluding diaryl/α,β-unsaturated/α-hetero) is 1. The molecule has 0 bridgehead atoms. The minimum absolute atomic E-state index is 0.0902. The first-order valence-corrected chi connectivity index (χ1v) is 12.5. The molecule has 0 unspecified atom stereocenters. The molecule has 1 fully saturated rings. The molecule has 2 heterocycles. The Balaban J connectivity index is 1.58. The topological polar surface area (TPSA) is 150 Å². The van der Waals surface area contributed by atoms with Crippen LogP contribution in [0.4, 0.5) is 0 Å². The predicted octanol–water partition coefficient (Wildman–Crippen LogP) is 1.96. The summed E-state index contributed by atoms with van der Waals surface area (Å²) in [7, 11) is 0. The molecule has 1 saturated heterocycles. The highest BCUT2D eigenvalue weighted by Gasteiger charge is 2.32. The van der Waals surface area contributed by atoms with Gasteiger partial charge in [-0.3, -0.25) is 24.3 Å². The Bertz CT molecular complexity index is 1110. The van der Waals surface area contributed by atoms with Crippen molar-refractivity contribution < 1.29 is 19.2 Å². The Morgan fingerprint density at radius 3 is 2.39 bits per heavy atom. The van der Waals surface area contributed by atoms with Gasteiger partial charge in [0.1, 0.15) is 11.7 Å². The summed E-state index contributed by atoms with van der Waals surface area (Å²) in [6, 6.07) is 3.99. The van der Waals surface area contributed by atoms with Crippen molar-refractivity contribution in [3.63, 3.8) is 0 Å². The molecule has 1 aliphatic rings. The molecule has 1 aromatic heterocycles. The molecular formula is C24H30Cl2N6O4. The molecule has 0 aliphatic carbocycles. The third-order valence-electron chi connectivity index (χ3n) is 6.11. The molecule has 5 N–H and O–H groups in total. The number of aromatic nitrogens is 2. The molecule has 36 heavy (non-hydrogen) atoms. The highest BCUT2D eigenvalue weighted by molar-refractivity contribution is 6.39. The summed E-state index contributed by atoms with van der Waals surface area (Å²) in [4.78, 5) is 52.1. The molecule has 0 radical (unpaired) electrons. The molecule has 12 heteroatoms. The van der Waals surface area contributed by atoms with E-state index in [0.29, 0.717) is 31.5 Å². The number of rotatable bonds is 9. The van der Waals surface area contributed by atoms with Gasteiger partial charge in [0.05, 0.1) is 28.4 Å². The van der Waals surface area contributed by atoms with Gasteiger partial charge in [-0.05, 0) is 30.9 Å². The number of carbonyl (C=O) groups excluding carboxylic acids is 4. The zero-order chi connectivity index (χ0) is 26.4. The first kappa shape index (κ1) is 27.6. The summed E-state index contributed by atoms with van der Waals surface area (Å²) in [5, 5.41) is 12.7. The van der Waals surface area contributed by atoms with Crippen LogP contribution in [0.15, 0.2) is 24.4 Å². The van der Waals surface area contributed by atoms with E-state index in [1.54, 1.807) is 23.1 Å². The van der Waals surface area contributed by atoms with E-state index in [9.17, 15) is 19.2 Å². The molecule has 0 saturated carbocycles. The van der Waals surface area contributed by atoms with Gasteiger partial charge in [0.2, 0.25) is 11.8 Å². The van der Waals surface area contributed by atoms with Gasteiger partial charge in [-0.15, -0.1) is 0 Å². The maximum absolute atomic E-state index is 12.9. The van der Waals surface area contributed by atoms with Crippen LogP contribution in [0.1, 0.15) is 53.1 Å². The minimum atomic E-state index is -0.649. The van der Waals surface area contributed by atoms with E-state index in [1.165, 1.54) is 6.20 Å². The predicted molar refractivity (Wildman–Crippen MR) is 136 cm³/mol. The number of benzene rings is 1. The maximum atomic E-state index is 12.9. The molecular weight excluding hydrogens is 507 g/mol. The Morgan fingerprint density at radius 2 is 1.81 bits per heavy atom. The Kier molecular flexibility index (Phi) is 9.47. The Morgan fingerprint density at radius 1 is 1.17 bits per heavy atom. The van der Waals surface area contributed by atoms with Crippen LogP contribution in [0.5, 0.6) is 0 Å². The number of nitrogens with two attached hydrogens (primary N) is 1.